The number of carbonyl (C=O) groups is 1. The zero-order valence-electron chi connectivity index (χ0n) is 21.5. The summed E-state index contributed by atoms with van der Waals surface area (Å²) >= 11 is 21.6. The fourth-order valence-corrected chi connectivity index (χ4v) is 7.73. The zero-order valence-corrected chi connectivity index (χ0v) is 25.4. The molecule has 1 N–H and O–H groups in total. The van der Waals surface area contributed by atoms with Gasteiger partial charge in [0.15, 0.2) is 0 Å². The molecule has 6 atom stereocenters. The third-order valence-corrected chi connectivity index (χ3v) is 10.4. The Balaban J connectivity index is 2.04. The third kappa shape index (κ3) is 5.45. The number of hydrogen-bond acceptors (Lipinski definition) is 2. The van der Waals surface area contributed by atoms with Gasteiger partial charge in [-0.2, -0.15) is 13.2 Å². The fourth-order valence-electron chi connectivity index (χ4n) is 6.74. The number of benzene rings is 2. The second-order valence-corrected chi connectivity index (χ2v) is 13.3. The lowest BCUT2D eigenvalue weighted by atomic mass is 9.68. The Hall–Kier alpha value is -1.06. The molecule has 2 aromatic carbocycles. The smallest absolute Gasteiger partial charge is 0.400 e. The molecule has 39 heavy (non-hydrogen) atoms. The second kappa shape index (κ2) is 11.3. The van der Waals surface area contributed by atoms with Gasteiger partial charge in [0.1, 0.15) is 11.2 Å². The minimum absolute atomic E-state index is 0.0449. The lowest BCUT2D eigenvalue weighted by Crippen LogP contribution is -2.52. The van der Waals surface area contributed by atoms with Crippen molar-refractivity contribution in [1.29, 1.82) is 0 Å². The molecule has 214 valence electrons. The fraction of sp³-hybridized carbons (Fsp3) is 0.536. The van der Waals surface area contributed by atoms with Gasteiger partial charge in [0.05, 0.1) is 25.5 Å². The van der Waals surface area contributed by atoms with Gasteiger partial charge in [-0.1, -0.05) is 68.1 Å². The van der Waals surface area contributed by atoms with E-state index in [9.17, 15) is 14.3 Å². The summed E-state index contributed by atoms with van der Waals surface area (Å²) in [6.07, 6.45) is -2.64. The van der Waals surface area contributed by atoms with E-state index in [1.165, 1.54) is 12.1 Å². The Bertz CT molecular complexity index is 1240. The largest absolute Gasteiger partial charge is 0.481 e. The molecule has 0 amide bonds. The molecule has 1 saturated carbocycles. The summed E-state index contributed by atoms with van der Waals surface area (Å²) in [5.41, 5.74) is -2.95. The molecule has 0 radical (unpaired) electrons. The van der Waals surface area contributed by atoms with E-state index in [0.717, 1.165) is 31.0 Å². The predicted molar refractivity (Wildman–Crippen MR) is 149 cm³/mol. The van der Waals surface area contributed by atoms with Crippen LogP contribution in [0.2, 0.25) is 15.1 Å². The number of aliphatic carboxylic acids is 1. The third-order valence-electron chi connectivity index (χ3n) is 8.61. The Morgan fingerprint density at radius 3 is 2.26 bits per heavy atom. The zero-order chi connectivity index (χ0) is 29.0. The monoisotopic (exact) mass is 671 g/mol. The normalized spacial score (nSPS) is 30.2. The molecule has 11 heteroatoms. The molecule has 2 aromatic rings. The van der Waals surface area contributed by atoms with Gasteiger partial charge in [-0.25, -0.2) is 4.39 Å². The summed E-state index contributed by atoms with van der Waals surface area (Å²) in [6, 6.07) is 4.52. The molecule has 1 aliphatic carbocycles. The van der Waals surface area contributed by atoms with E-state index in [1.807, 2.05) is 13.8 Å². The molecule has 2 fully saturated rings. The van der Waals surface area contributed by atoms with Crippen LogP contribution < -0.4 is 0 Å². The number of carboxylic acid groups (broad SMARTS) is 1. The van der Waals surface area contributed by atoms with Gasteiger partial charge in [-0.3, -0.25) is 9.69 Å². The van der Waals surface area contributed by atoms with Crippen LogP contribution in [0.3, 0.4) is 0 Å². The maximum Gasteiger partial charge on any atom is 0.400 e. The first-order chi connectivity index (χ1) is 18.1. The van der Waals surface area contributed by atoms with E-state index < -0.39 is 41.9 Å². The van der Waals surface area contributed by atoms with Crippen molar-refractivity contribution < 1.29 is 27.5 Å². The molecule has 2 aliphatic rings. The van der Waals surface area contributed by atoms with Crippen molar-refractivity contribution in [1.82, 2.24) is 4.90 Å². The van der Waals surface area contributed by atoms with Crippen LogP contribution >= 0.6 is 50.7 Å². The lowest BCUT2D eigenvalue weighted by molar-refractivity contribution is -0.204. The van der Waals surface area contributed by atoms with Crippen molar-refractivity contribution >= 4 is 56.7 Å². The minimum atomic E-state index is -5.01. The summed E-state index contributed by atoms with van der Waals surface area (Å²) in [4.78, 5) is 14.7. The van der Waals surface area contributed by atoms with Gasteiger partial charge >= 0.3 is 12.1 Å². The van der Waals surface area contributed by atoms with Crippen molar-refractivity contribution in [3.05, 3.63) is 66.8 Å². The predicted octanol–water partition coefficient (Wildman–Crippen LogP) is 9.57. The summed E-state index contributed by atoms with van der Waals surface area (Å²) in [7, 11) is 0. The summed E-state index contributed by atoms with van der Waals surface area (Å²) in [6.45, 7) is 5.52. The van der Waals surface area contributed by atoms with E-state index in [2.05, 4.69) is 22.9 Å². The van der Waals surface area contributed by atoms with Gasteiger partial charge in [0, 0.05) is 18.6 Å². The molecule has 0 aromatic heterocycles. The maximum absolute atomic E-state index is 15.5. The number of halogens is 8. The number of carboxylic acids is 1. The van der Waals surface area contributed by atoms with Gasteiger partial charge in [-0.05, 0) is 81.9 Å². The van der Waals surface area contributed by atoms with Crippen LogP contribution in [0, 0.1) is 29.5 Å². The highest BCUT2D eigenvalue weighted by atomic mass is 79.9. The van der Waals surface area contributed by atoms with E-state index in [0.29, 0.717) is 6.42 Å². The summed E-state index contributed by atoms with van der Waals surface area (Å²) in [5.74, 6) is -3.75. The average molecular weight is 674 g/mol. The highest BCUT2D eigenvalue weighted by Crippen LogP contribution is 2.60. The molecule has 0 unspecified atom stereocenters. The number of likely N-dealkylation sites (tertiary alicyclic amines) is 1. The quantitative estimate of drug-likeness (QED) is 0.254. The maximum atomic E-state index is 15.5. The number of alkyl halides is 3. The minimum Gasteiger partial charge on any atom is -0.481 e. The molecule has 0 bridgehead atoms. The first kappa shape index (κ1) is 30.9. The van der Waals surface area contributed by atoms with Crippen molar-refractivity contribution in [2.24, 2.45) is 23.7 Å². The van der Waals surface area contributed by atoms with E-state index in [4.69, 9.17) is 34.8 Å². The summed E-state index contributed by atoms with van der Waals surface area (Å²) in [5, 5.41) is 10.1. The highest BCUT2D eigenvalue weighted by Gasteiger charge is 2.71. The molecule has 4 rings (SSSR count). The number of rotatable bonds is 5. The highest BCUT2D eigenvalue weighted by molar-refractivity contribution is 9.10. The van der Waals surface area contributed by atoms with Crippen molar-refractivity contribution in [2.45, 2.75) is 63.7 Å². The molecule has 1 saturated heterocycles. The Morgan fingerprint density at radius 1 is 1.13 bits per heavy atom. The lowest BCUT2D eigenvalue weighted by Gasteiger charge is -2.45. The summed E-state index contributed by atoms with van der Waals surface area (Å²) < 4.78 is 60.8. The standard InChI is InChI=1S/C28H29BrCl3F4NO2/c1-13(2)17-6-4-14(3)8-22(17)37-12-27(28(34,35)36,16-10-19(30)24(32)20(31)11-16)23(26(38)39)25(37)15-5-7-21(33)18(29)9-15/h5,7,9-11,13-14,17,22-23,25H,4,6,8,12H2,1-3H3,(H,38,39)/t14-,17+,22-,23+,25+,27+/m1/s1. The van der Waals surface area contributed by atoms with Gasteiger partial charge in [-0.15, -0.1) is 0 Å². The van der Waals surface area contributed by atoms with Gasteiger partial charge in [0.25, 0.3) is 0 Å². The van der Waals surface area contributed by atoms with Crippen LogP contribution in [0.5, 0.6) is 0 Å². The Labute approximate surface area is 248 Å². The van der Waals surface area contributed by atoms with Crippen LogP contribution in [0.25, 0.3) is 0 Å². The van der Waals surface area contributed by atoms with E-state index in [-0.39, 0.29) is 54.5 Å². The SMILES string of the molecule is CC(C)[C@@H]1CC[C@@H](C)C[C@H]1N1C[C@@](c2cc(Cl)c(Cl)c(Cl)c2)(C(F)(F)F)[C@H](C(=O)O)[C@@H]1c1ccc(F)c(Br)c1. The van der Waals surface area contributed by atoms with Crippen LogP contribution in [-0.2, 0) is 10.2 Å². The van der Waals surface area contributed by atoms with Crippen LogP contribution in [0.4, 0.5) is 17.6 Å². The molecule has 1 aliphatic heterocycles. The number of hydrogen-bond donors (Lipinski definition) is 1. The van der Waals surface area contributed by atoms with Crippen molar-refractivity contribution in [3.63, 3.8) is 0 Å². The van der Waals surface area contributed by atoms with Gasteiger partial charge < -0.3 is 5.11 Å². The first-order valence-electron chi connectivity index (χ1n) is 12.7. The van der Waals surface area contributed by atoms with Crippen molar-refractivity contribution in [2.75, 3.05) is 6.54 Å². The van der Waals surface area contributed by atoms with Crippen LogP contribution in [-0.4, -0.2) is 34.7 Å². The van der Waals surface area contributed by atoms with Gasteiger partial charge in [0.2, 0.25) is 0 Å². The molecular formula is C28H29BrCl3F4NO2. The first-order valence-corrected chi connectivity index (χ1v) is 14.7. The molecule has 1 heterocycles. The molecular weight excluding hydrogens is 645 g/mol. The van der Waals surface area contributed by atoms with Crippen molar-refractivity contribution in [3.8, 4) is 0 Å². The van der Waals surface area contributed by atoms with Crippen LogP contribution in [0.15, 0.2) is 34.8 Å². The number of nitrogens with zero attached hydrogens (tertiary/aromatic N) is 1. The van der Waals surface area contributed by atoms with E-state index in [1.54, 1.807) is 4.90 Å². The Kier molecular flexibility index (Phi) is 8.96. The topological polar surface area (TPSA) is 40.5 Å². The average Bonchev–Trinajstić information content (AvgIpc) is 3.21. The second-order valence-electron chi connectivity index (χ2n) is 11.2. The molecule has 3 nitrogen and oxygen atoms in total. The van der Waals surface area contributed by atoms with E-state index >= 15 is 13.2 Å². The molecule has 0 spiro atoms. The Morgan fingerprint density at radius 2 is 1.74 bits per heavy atom. The van der Waals surface area contributed by atoms with Crippen LogP contribution in [0.1, 0.15) is 57.2 Å².